The molecule has 0 spiro atoms. The average molecular weight is 381 g/mol. The summed E-state index contributed by atoms with van der Waals surface area (Å²) in [6.45, 7) is 13.6. The van der Waals surface area contributed by atoms with Gasteiger partial charge in [0.25, 0.3) is 0 Å². The van der Waals surface area contributed by atoms with Crippen molar-refractivity contribution in [2.75, 3.05) is 6.61 Å². The van der Waals surface area contributed by atoms with Gasteiger partial charge in [-0.15, -0.1) is 0 Å². The molecule has 0 aromatic heterocycles. The molecule has 0 atom stereocenters. The molecule has 2 rings (SSSR count). The molecule has 152 valence electrons. The Hall–Kier alpha value is -2.09. The standard InChI is InChI=1S/C26H36O2/c1-7-8-9-20-10-14-23(15-11-20)26(5,6)18-19-28-24(27)21-12-16-22(17-13-21)25(2,3)4/h10-17H,7-9,18-19H2,1-6H3. The zero-order valence-corrected chi connectivity index (χ0v) is 18.5. The summed E-state index contributed by atoms with van der Waals surface area (Å²) in [4.78, 5) is 12.4. The van der Waals surface area contributed by atoms with Gasteiger partial charge in [-0.05, 0) is 58.9 Å². The van der Waals surface area contributed by atoms with Crippen LogP contribution >= 0.6 is 0 Å². The number of hydrogen-bond acceptors (Lipinski definition) is 2. The van der Waals surface area contributed by atoms with Crippen LogP contribution in [0.4, 0.5) is 0 Å². The zero-order valence-electron chi connectivity index (χ0n) is 18.5. The van der Waals surface area contributed by atoms with E-state index < -0.39 is 0 Å². The molecule has 0 aliphatic heterocycles. The Morgan fingerprint density at radius 2 is 1.43 bits per heavy atom. The molecule has 0 fully saturated rings. The van der Waals surface area contributed by atoms with Gasteiger partial charge in [-0.1, -0.05) is 84.4 Å². The van der Waals surface area contributed by atoms with Gasteiger partial charge >= 0.3 is 5.97 Å². The van der Waals surface area contributed by atoms with Gasteiger partial charge < -0.3 is 4.74 Å². The lowest BCUT2D eigenvalue weighted by molar-refractivity contribution is 0.0480. The first-order valence-corrected chi connectivity index (χ1v) is 10.5. The second-order valence-corrected chi connectivity index (χ2v) is 9.40. The molecular weight excluding hydrogens is 344 g/mol. The van der Waals surface area contributed by atoms with Crippen LogP contribution in [0.3, 0.4) is 0 Å². The fourth-order valence-corrected chi connectivity index (χ4v) is 3.24. The van der Waals surface area contributed by atoms with Gasteiger partial charge in [0, 0.05) is 0 Å². The normalized spacial score (nSPS) is 12.1. The van der Waals surface area contributed by atoms with E-state index >= 15 is 0 Å². The molecule has 0 aliphatic carbocycles. The molecule has 0 saturated heterocycles. The van der Waals surface area contributed by atoms with Crippen LogP contribution in [0.5, 0.6) is 0 Å². The van der Waals surface area contributed by atoms with E-state index in [-0.39, 0.29) is 16.8 Å². The van der Waals surface area contributed by atoms with E-state index in [1.165, 1.54) is 29.5 Å². The maximum absolute atomic E-state index is 12.4. The van der Waals surface area contributed by atoms with Crippen LogP contribution in [0.2, 0.25) is 0 Å². The number of ether oxygens (including phenoxy) is 1. The van der Waals surface area contributed by atoms with E-state index in [4.69, 9.17) is 4.74 Å². The third kappa shape index (κ3) is 6.22. The summed E-state index contributed by atoms with van der Waals surface area (Å²) in [7, 11) is 0. The van der Waals surface area contributed by atoms with Crippen LogP contribution in [0.1, 0.15) is 87.9 Å². The Labute approximate surface area is 171 Å². The van der Waals surface area contributed by atoms with Crippen molar-refractivity contribution in [3.8, 4) is 0 Å². The fraction of sp³-hybridized carbons (Fsp3) is 0.500. The average Bonchev–Trinajstić information content (AvgIpc) is 2.66. The molecule has 0 heterocycles. The molecule has 0 radical (unpaired) electrons. The van der Waals surface area contributed by atoms with Crippen molar-refractivity contribution < 1.29 is 9.53 Å². The summed E-state index contributed by atoms with van der Waals surface area (Å²) in [5.41, 5.74) is 4.57. The highest BCUT2D eigenvalue weighted by atomic mass is 16.5. The summed E-state index contributed by atoms with van der Waals surface area (Å²) < 4.78 is 5.55. The molecule has 0 aliphatic rings. The molecular formula is C26H36O2. The summed E-state index contributed by atoms with van der Waals surface area (Å²) in [5.74, 6) is -0.244. The van der Waals surface area contributed by atoms with Crippen LogP contribution in [0.15, 0.2) is 48.5 Å². The molecule has 0 saturated carbocycles. The van der Waals surface area contributed by atoms with Crippen molar-refractivity contribution in [2.24, 2.45) is 0 Å². The third-order valence-electron chi connectivity index (χ3n) is 5.50. The summed E-state index contributed by atoms with van der Waals surface area (Å²) >= 11 is 0. The van der Waals surface area contributed by atoms with E-state index in [1.54, 1.807) is 0 Å². The SMILES string of the molecule is CCCCc1ccc(C(C)(C)CCOC(=O)c2ccc(C(C)(C)C)cc2)cc1. The van der Waals surface area contributed by atoms with E-state index in [9.17, 15) is 4.79 Å². The molecule has 0 amide bonds. The second kappa shape index (κ2) is 9.41. The summed E-state index contributed by atoms with van der Waals surface area (Å²) in [5, 5.41) is 0. The van der Waals surface area contributed by atoms with Crippen molar-refractivity contribution in [1.29, 1.82) is 0 Å². The number of aryl methyl sites for hydroxylation is 1. The van der Waals surface area contributed by atoms with Crippen molar-refractivity contribution in [2.45, 2.75) is 78.1 Å². The highest BCUT2D eigenvalue weighted by molar-refractivity contribution is 5.89. The number of hydrogen-bond donors (Lipinski definition) is 0. The van der Waals surface area contributed by atoms with Crippen LogP contribution in [-0.4, -0.2) is 12.6 Å². The predicted molar refractivity (Wildman–Crippen MR) is 118 cm³/mol. The molecule has 0 bridgehead atoms. The van der Waals surface area contributed by atoms with Gasteiger partial charge in [0.15, 0.2) is 0 Å². The minimum absolute atomic E-state index is 0.0281. The number of rotatable bonds is 8. The Morgan fingerprint density at radius 3 is 1.96 bits per heavy atom. The number of esters is 1. The topological polar surface area (TPSA) is 26.3 Å². The largest absolute Gasteiger partial charge is 0.462 e. The Balaban J connectivity index is 1.89. The summed E-state index contributed by atoms with van der Waals surface area (Å²) in [6, 6.07) is 16.7. The van der Waals surface area contributed by atoms with Crippen molar-refractivity contribution in [3.05, 3.63) is 70.8 Å². The Morgan fingerprint density at radius 1 is 0.857 bits per heavy atom. The molecule has 0 unspecified atom stereocenters. The highest BCUT2D eigenvalue weighted by Gasteiger charge is 2.21. The smallest absolute Gasteiger partial charge is 0.338 e. The van der Waals surface area contributed by atoms with E-state index in [1.807, 2.05) is 24.3 Å². The minimum Gasteiger partial charge on any atom is -0.462 e. The number of carbonyl (C=O) groups excluding carboxylic acids is 1. The maximum atomic E-state index is 12.4. The minimum atomic E-state index is -0.244. The molecule has 28 heavy (non-hydrogen) atoms. The van der Waals surface area contributed by atoms with E-state index in [2.05, 4.69) is 65.8 Å². The van der Waals surface area contributed by atoms with E-state index in [0.717, 1.165) is 12.8 Å². The van der Waals surface area contributed by atoms with Crippen molar-refractivity contribution in [3.63, 3.8) is 0 Å². The predicted octanol–water partition coefficient (Wildman–Crippen LogP) is 6.85. The molecule has 2 aromatic rings. The first-order chi connectivity index (χ1) is 13.1. The summed E-state index contributed by atoms with van der Waals surface area (Å²) in [6.07, 6.45) is 4.39. The van der Waals surface area contributed by atoms with Crippen molar-refractivity contribution >= 4 is 5.97 Å². The van der Waals surface area contributed by atoms with Gasteiger partial charge in [-0.3, -0.25) is 0 Å². The van der Waals surface area contributed by atoms with Crippen LogP contribution in [0.25, 0.3) is 0 Å². The maximum Gasteiger partial charge on any atom is 0.338 e. The second-order valence-electron chi connectivity index (χ2n) is 9.40. The van der Waals surface area contributed by atoms with E-state index in [0.29, 0.717) is 12.2 Å². The zero-order chi connectivity index (χ0) is 20.8. The number of benzene rings is 2. The highest BCUT2D eigenvalue weighted by Crippen LogP contribution is 2.28. The van der Waals surface area contributed by atoms with Crippen molar-refractivity contribution in [1.82, 2.24) is 0 Å². The van der Waals surface area contributed by atoms with Gasteiger partial charge in [-0.25, -0.2) is 4.79 Å². The first-order valence-electron chi connectivity index (χ1n) is 10.5. The lowest BCUT2D eigenvalue weighted by atomic mass is 9.81. The van der Waals surface area contributed by atoms with Gasteiger partial charge in [0.05, 0.1) is 12.2 Å². The Kier molecular flexibility index (Phi) is 7.46. The molecule has 2 nitrogen and oxygen atoms in total. The Bertz CT molecular complexity index is 747. The van der Waals surface area contributed by atoms with Crippen LogP contribution in [-0.2, 0) is 22.0 Å². The number of unbranched alkanes of at least 4 members (excludes halogenated alkanes) is 1. The van der Waals surface area contributed by atoms with Gasteiger partial charge in [-0.2, -0.15) is 0 Å². The monoisotopic (exact) mass is 380 g/mol. The van der Waals surface area contributed by atoms with Gasteiger partial charge in [0.2, 0.25) is 0 Å². The molecule has 2 aromatic carbocycles. The molecule has 0 N–H and O–H groups in total. The lowest BCUT2D eigenvalue weighted by Crippen LogP contribution is -2.21. The third-order valence-corrected chi connectivity index (χ3v) is 5.50. The molecule has 2 heteroatoms. The quantitative estimate of drug-likeness (QED) is 0.468. The number of carbonyl (C=O) groups is 1. The van der Waals surface area contributed by atoms with Crippen LogP contribution < -0.4 is 0 Å². The fourth-order valence-electron chi connectivity index (χ4n) is 3.24. The first kappa shape index (κ1) is 22.2. The lowest BCUT2D eigenvalue weighted by Gasteiger charge is -2.25. The van der Waals surface area contributed by atoms with Crippen LogP contribution in [0, 0.1) is 0 Å². The van der Waals surface area contributed by atoms with Gasteiger partial charge in [0.1, 0.15) is 0 Å².